The maximum absolute atomic E-state index is 14.9. The van der Waals surface area contributed by atoms with Gasteiger partial charge < -0.3 is 36.8 Å². The standard InChI is InChI=1S/C29H36FN9O10S2/c1-28(2)23(25(41)39(28)49-51(44,45)46)35-24(40)22(20-13-50-27(32)34-20)36-48-21(26(42)43)12-47-19-6-4-17(5-7-19)18-10-37(9-3-8-31)38(11-18)16-29(30)14-33-15-29/h4-7,10-11,13,21,23,33H,3,8-9,12,14-16,31H2,1-2H3,(H4-,32,34,35,40,42,43,44,45,46)/p+1/b36-22-/t21-,23+/m0/s1. The van der Waals surface area contributed by atoms with Crippen LogP contribution in [0.25, 0.3) is 11.1 Å². The van der Waals surface area contributed by atoms with Crippen molar-refractivity contribution in [2.24, 2.45) is 10.9 Å². The van der Waals surface area contributed by atoms with Crippen molar-refractivity contribution in [1.82, 2.24) is 25.4 Å². The lowest BCUT2D eigenvalue weighted by molar-refractivity contribution is -0.784. The zero-order chi connectivity index (χ0) is 37.1. The molecule has 1 aromatic carbocycles. The number of anilines is 1. The van der Waals surface area contributed by atoms with Crippen molar-refractivity contribution in [3.05, 3.63) is 47.7 Å². The lowest BCUT2D eigenvalue weighted by Gasteiger charge is -2.50. The molecule has 2 fully saturated rings. The smallest absolute Gasteiger partial charge is 0.418 e. The highest BCUT2D eigenvalue weighted by atomic mass is 32.3. The first kappa shape index (κ1) is 37.5. The summed E-state index contributed by atoms with van der Waals surface area (Å²) < 4.78 is 59.8. The number of halogens is 1. The van der Waals surface area contributed by atoms with Crippen molar-refractivity contribution in [2.45, 2.75) is 56.7 Å². The Kier molecular flexibility index (Phi) is 10.9. The highest BCUT2D eigenvalue weighted by Crippen LogP contribution is 2.33. The first-order valence-electron chi connectivity index (χ1n) is 15.4. The first-order chi connectivity index (χ1) is 24.0. The van der Waals surface area contributed by atoms with Crippen LogP contribution in [0.1, 0.15) is 26.0 Å². The number of benzene rings is 1. The molecule has 5 rings (SSSR count). The van der Waals surface area contributed by atoms with Gasteiger partial charge in [-0.2, -0.15) is 18.2 Å². The number of carboxylic acid groups (broad SMARTS) is 1. The van der Waals surface area contributed by atoms with Gasteiger partial charge in [-0.05, 0) is 44.5 Å². The largest absolute Gasteiger partial charge is 0.489 e. The van der Waals surface area contributed by atoms with E-state index in [0.29, 0.717) is 30.3 Å². The summed E-state index contributed by atoms with van der Waals surface area (Å²) in [4.78, 5) is 47.0. The predicted octanol–water partition coefficient (Wildman–Crippen LogP) is -0.765. The molecule has 51 heavy (non-hydrogen) atoms. The number of aromatic nitrogens is 3. The van der Waals surface area contributed by atoms with E-state index < -0.39 is 63.9 Å². The van der Waals surface area contributed by atoms with Crippen molar-refractivity contribution in [3.63, 3.8) is 0 Å². The fourth-order valence-corrected chi connectivity index (χ4v) is 6.23. The molecule has 2 aliphatic rings. The highest BCUT2D eigenvalue weighted by Gasteiger charge is 2.58. The number of nitrogens with zero attached hydrogens (tertiary/aromatic N) is 5. The van der Waals surface area contributed by atoms with Gasteiger partial charge in [0.25, 0.3) is 17.9 Å². The summed E-state index contributed by atoms with van der Waals surface area (Å²) in [6, 6.07) is 5.41. The number of nitrogens with one attached hydrogen (secondary N) is 2. The Hall–Kier alpha value is -4.74. The summed E-state index contributed by atoms with van der Waals surface area (Å²) >= 11 is 0.947. The molecule has 0 unspecified atom stereocenters. The van der Waals surface area contributed by atoms with Crippen molar-refractivity contribution in [3.8, 4) is 16.9 Å². The number of aliphatic carboxylic acids is 1. The van der Waals surface area contributed by atoms with Gasteiger partial charge in [0.2, 0.25) is 12.7 Å². The van der Waals surface area contributed by atoms with E-state index in [4.69, 9.17) is 25.6 Å². The average molecular weight is 755 g/mol. The number of alkyl halides is 1. The summed E-state index contributed by atoms with van der Waals surface area (Å²) in [5.74, 6) is -3.22. The molecule has 0 bridgehead atoms. The number of carbonyl (C=O) groups excluding carboxylic acids is 2. The summed E-state index contributed by atoms with van der Waals surface area (Å²) in [6.07, 6.45) is 2.76. The number of aryl methyl sites for hydroxylation is 1. The van der Waals surface area contributed by atoms with Crippen LogP contribution in [0.15, 0.2) is 47.2 Å². The van der Waals surface area contributed by atoms with Crippen molar-refractivity contribution < 1.29 is 55.4 Å². The number of hydrogen-bond donors (Lipinski definition) is 6. The Balaban J connectivity index is 1.26. The maximum Gasteiger partial charge on any atom is 0.418 e. The van der Waals surface area contributed by atoms with Gasteiger partial charge in [-0.15, -0.1) is 20.3 Å². The molecule has 0 radical (unpaired) electrons. The number of nitrogen functional groups attached to an aromatic ring is 1. The molecular formula is C29H37FN9O10S2+. The lowest BCUT2D eigenvalue weighted by atomic mass is 9.84. The quantitative estimate of drug-likeness (QED) is 0.0325. The average Bonchev–Trinajstić information content (AvgIpc) is 3.67. The molecule has 0 saturated carbocycles. The normalized spacial score (nSPS) is 18.8. The molecule has 4 heterocycles. The molecule has 2 amide bonds. The topological polar surface area (TPSA) is 267 Å². The van der Waals surface area contributed by atoms with E-state index in [1.807, 2.05) is 21.8 Å². The molecule has 8 N–H and O–H groups in total. The number of hydrogen-bond acceptors (Lipinski definition) is 14. The minimum absolute atomic E-state index is 0.0452. The number of thiazole rings is 1. The monoisotopic (exact) mass is 754 g/mol. The van der Waals surface area contributed by atoms with Crippen LogP contribution in [-0.2, 0) is 47.0 Å². The number of oxime groups is 1. The molecule has 2 atom stereocenters. The minimum atomic E-state index is -5.03. The lowest BCUT2D eigenvalue weighted by Crippen LogP contribution is -2.76. The Labute approximate surface area is 294 Å². The van der Waals surface area contributed by atoms with Crippen LogP contribution in [0.3, 0.4) is 0 Å². The molecule has 19 nitrogen and oxygen atoms in total. The zero-order valence-corrected chi connectivity index (χ0v) is 29.0. The number of ether oxygens (including phenoxy) is 1. The minimum Gasteiger partial charge on any atom is -0.489 e. The second kappa shape index (κ2) is 14.9. The Morgan fingerprint density at radius 2 is 1.98 bits per heavy atom. The zero-order valence-electron chi connectivity index (χ0n) is 27.4. The fourth-order valence-electron chi connectivity index (χ4n) is 5.23. The number of hydroxylamine groups is 2. The Morgan fingerprint density at radius 3 is 2.53 bits per heavy atom. The molecule has 2 aliphatic heterocycles. The second-order valence-corrected chi connectivity index (χ2v) is 14.2. The van der Waals surface area contributed by atoms with Gasteiger partial charge in [0.15, 0.2) is 16.5 Å². The SMILES string of the molecule is CC1(C)[C@H](NC(=O)/C(=N\O[C@@H](COc2ccc(-c3cn(CCCN)[n+](CC4(F)CNC4)c3)cc2)C(=O)O)c2csc(N)n2)C(=O)N1OS(=O)(=O)O. The van der Waals surface area contributed by atoms with Crippen LogP contribution in [0.5, 0.6) is 5.75 Å². The van der Waals surface area contributed by atoms with E-state index in [2.05, 4.69) is 25.1 Å². The van der Waals surface area contributed by atoms with Crippen molar-refractivity contribution >= 4 is 50.4 Å². The molecule has 3 aromatic rings. The third kappa shape index (κ3) is 8.77. The third-order valence-corrected chi connectivity index (χ3v) is 9.07. The van der Waals surface area contributed by atoms with E-state index in [9.17, 15) is 32.3 Å². The van der Waals surface area contributed by atoms with E-state index in [0.717, 1.165) is 22.5 Å². The number of carbonyl (C=O) groups is 3. The molecule has 0 spiro atoms. The van der Waals surface area contributed by atoms with Gasteiger partial charge in [-0.1, -0.05) is 17.3 Å². The molecule has 0 aliphatic carbocycles. The highest BCUT2D eigenvalue weighted by molar-refractivity contribution is 7.80. The van der Waals surface area contributed by atoms with Crippen LogP contribution >= 0.6 is 11.3 Å². The maximum atomic E-state index is 14.9. The number of nitrogens with two attached hydrogens (primary N) is 2. The van der Waals surface area contributed by atoms with E-state index in [-0.39, 0.29) is 30.5 Å². The molecular weight excluding hydrogens is 718 g/mol. The predicted molar refractivity (Wildman–Crippen MR) is 177 cm³/mol. The molecule has 276 valence electrons. The van der Waals surface area contributed by atoms with Crippen LogP contribution in [0.2, 0.25) is 0 Å². The van der Waals surface area contributed by atoms with Gasteiger partial charge in [0.05, 0.1) is 23.8 Å². The van der Waals surface area contributed by atoms with Gasteiger partial charge in [-0.25, -0.2) is 14.2 Å². The van der Waals surface area contributed by atoms with E-state index in [1.165, 1.54) is 19.2 Å². The summed E-state index contributed by atoms with van der Waals surface area (Å²) in [5, 5.41) is 20.6. The van der Waals surface area contributed by atoms with E-state index >= 15 is 0 Å². The van der Waals surface area contributed by atoms with Crippen molar-refractivity contribution in [2.75, 3.05) is 32.0 Å². The van der Waals surface area contributed by atoms with Gasteiger partial charge >= 0.3 is 16.4 Å². The molecule has 22 heteroatoms. The number of amides is 2. The number of carboxylic acids is 1. The third-order valence-electron chi connectivity index (χ3n) is 8.06. The summed E-state index contributed by atoms with van der Waals surface area (Å²) in [7, 11) is -5.03. The molecule has 2 aromatic heterocycles. The first-order valence-corrected chi connectivity index (χ1v) is 17.7. The van der Waals surface area contributed by atoms with Gasteiger partial charge in [0, 0.05) is 18.5 Å². The number of β-lactam (4-membered cyclic amide) rings is 1. The van der Waals surface area contributed by atoms with E-state index in [1.54, 1.807) is 24.3 Å². The van der Waals surface area contributed by atoms with Crippen LogP contribution in [0.4, 0.5) is 9.52 Å². The fraction of sp³-hybridized carbons (Fsp3) is 0.448. The Morgan fingerprint density at radius 1 is 1.27 bits per heavy atom. The summed E-state index contributed by atoms with van der Waals surface area (Å²) in [5.41, 5.74) is 9.61. The summed E-state index contributed by atoms with van der Waals surface area (Å²) in [6.45, 7) is 4.01. The van der Waals surface area contributed by atoms with Gasteiger partial charge in [0.1, 0.15) is 24.1 Å². The molecule has 2 saturated heterocycles. The second-order valence-electron chi connectivity index (χ2n) is 12.3. The Bertz CT molecular complexity index is 1910. The van der Waals surface area contributed by atoms with Crippen molar-refractivity contribution in [1.29, 1.82) is 0 Å². The van der Waals surface area contributed by atoms with Crippen LogP contribution in [0, 0.1) is 0 Å². The number of rotatable bonds is 17. The van der Waals surface area contributed by atoms with Crippen LogP contribution in [-0.4, -0.2) is 106 Å². The van der Waals surface area contributed by atoms with Crippen LogP contribution < -0.4 is 31.5 Å². The van der Waals surface area contributed by atoms with Gasteiger partial charge in [-0.3, -0.25) is 14.1 Å².